The van der Waals surface area contributed by atoms with Crippen LogP contribution in [0.1, 0.15) is 19.8 Å². The van der Waals surface area contributed by atoms with Gasteiger partial charge in [0.25, 0.3) is 0 Å². The van der Waals surface area contributed by atoms with Crippen molar-refractivity contribution in [2.45, 2.75) is 25.9 Å². The molecule has 0 bridgehead atoms. The Hall–Kier alpha value is -2.57. The number of hydrogen-bond acceptors (Lipinski definition) is 6. The van der Waals surface area contributed by atoms with Gasteiger partial charge in [0, 0.05) is 6.54 Å². The summed E-state index contributed by atoms with van der Waals surface area (Å²) in [7, 11) is 0. The van der Waals surface area contributed by atoms with E-state index in [-0.39, 0.29) is 11.8 Å². The van der Waals surface area contributed by atoms with Crippen molar-refractivity contribution in [3.05, 3.63) is 24.3 Å². The fraction of sp³-hybridized carbons (Fsp3) is 0.438. The molecule has 1 saturated heterocycles. The minimum Gasteiger partial charge on any atom is -0.489 e. The summed E-state index contributed by atoms with van der Waals surface area (Å²) in [5.74, 6) is 0.818. The standard InChI is InChI=1S/C16H19N5O/c1-2-21-9-3-4-16(12-21)22-15-7-5-13(6-8-15)19-20-14(10-17)11-18/h5-8,16,19H,2-4,9,12H2,1H3. The van der Waals surface area contributed by atoms with Crippen LogP contribution in [-0.4, -0.2) is 36.3 Å². The lowest BCUT2D eigenvalue weighted by atomic mass is 10.1. The highest BCUT2D eigenvalue weighted by molar-refractivity contribution is 6.10. The molecule has 0 spiro atoms. The molecule has 22 heavy (non-hydrogen) atoms. The SMILES string of the molecule is CCN1CCCC(Oc2ccc(NN=C(C#N)C#N)cc2)C1. The molecule has 1 fully saturated rings. The molecular weight excluding hydrogens is 278 g/mol. The number of benzene rings is 1. The Morgan fingerprint density at radius 2 is 2.09 bits per heavy atom. The Morgan fingerprint density at radius 1 is 1.36 bits per heavy atom. The van der Waals surface area contributed by atoms with Crippen molar-refractivity contribution in [3.8, 4) is 17.9 Å². The zero-order valence-corrected chi connectivity index (χ0v) is 12.6. The third-order valence-corrected chi connectivity index (χ3v) is 3.58. The van der Waals surface area contributed by atoms with E-state index in [2.05, 4.69) is 22.4 Å². The largest absolute Gasteiger partial charge is 0.489 e. The number of likely N-dealkylation sites (tertiary alicyclic amines) is 1. The molecule has 1 unspecified atom stereocenters. The van der Waals surface area contributed by atoms with Crippen LogP contribution >= 0.6 is 0 Å². The first-order valence-electron chi connectivity index (χ1n) is 7.38. The molecule has 1 N–H and O–H groups in total. The Labute approximate surface area is 130 Å². The lowest BCUT2D eigenvalue weighted by molar-refractivity contribution is 0.0920. The van der Waals surface area contributed by atoms with E-state index in [0.717, 1.165) is 38.2 Å². The van der Waals surface area contributed by atoms with Crippen molar-refractivity contribution in [1.29, 1.82) is 10.5 Å². The van der Waals surface area contributed by atoms with Gasteiger partial charge < -0.3 is 4.74 Å². The van der Waals surface area contributed by atoms with Gasteiger partial charge in [-0.05, 0) is 50.2 Å². The summed E-state index contributed by atoms with van der Waals surface area (Å²) in [6.45, 7) is 5.34. The van der Waals surface area contributed by atoms with Crippen LogP contribution in [0.3, 0.4) is 0 Å². The Bertz CT molecular complexity index is 580. The number of nitriles is 2. The highest BCUT2D eigenvalue weighted by Crippen LogP contribution is 2.20. The molecule has 114 valence electrons. The van der Waals surface area contributed by atoms with Crippen LogP contribution in [0.25, 0.3) is 0 Å². The fourth-order valence-electron chi connectivity index (χ4n) is 2.39. The van der Waals surface area contributed by atoms with E-state index in [1.807, 2.05) is 24.3 Å². The Kier molecular flexibility index (Phi) is 5.76. The number of hydrazone groups is 1. The number of rotatable bonds is 5. The first-order valence-corrected chi connectivity index (χ1v) is 7.38. The maximum Gasteiger partial charge on any atom is 0.237 e. The van der Waals surface area contributed by atoms with Gasteiger partial charge in [-0.15, -0.1) is 0 Å². The maximum atomic E-state index is 8.60. The second-order valence-electron chi connectivity index (χ2n) is 5.10. The van der Waals surface area contributed by atoms with Crippen molar-refractivity contribution in [2.24, 2.45) is 5.10 Å². The van der Waals surface area contributed by atoms with Gasteiger partial charge in [0.15, 0.2) is 0 Å². The summed E-state index contributed by atoms with van der Waals surface area (Å²) in [6.07, 6.45) is 2.47. The average molecular weight is 297 g/mol. The second-order valence-corrected chi connectivity index (χ2v) is 5.10. The predicted octanol–water partition coefficient (Wildman–Crippen LogP) is 2.36. The molecule has 1 aromatic rings. The summed E-state index contributed by atoms with van der Waals surface area (Å²) in [5, 5.41) is 20.9. The summed E-state index contributed by atoms with van der Waals surface area (Å²) in [4.78, 5) is 2.39. The molecular formula is C16H19N5O. The van der Waals surface area contributed by atoms with Gasteiger partial charge in [0.1, 0.15) is 24.0 Å². The first-order chi connectivity index (χ1) is 10.7. The molecule has 0 aromatic heterocycles. The van der Waals surface area contributed by atoms with Crippen molar-refractivity contribution in [1.82, 2.24) is 4.90 Å². The molecule has 1 atom stereocenters. The van der Waals surface area contributed by atoms with Crippen molar-refractivity contribution in [3.63, 3.8) is 0 Å². The smallest absolute Gasteiger partial charge is 0.237 e. The number of ether oxygens (including phenoxy) is 1. The average Bonchev–Trinajstić information content (AvgIpc) is 2.57. The van der Waals surface area contributed by atoms with E-state index in [4.69, 9.17) is 15.3 Å². The van der Waals surface area contributed by atoms with Crippen LogP contribution < -0.4 is 10.2 Å². The normalized spacial score (nSPS) is 17.9. The molecule has 1 heterocycles. The van der Waals surface area contributed by atoms with Gasteiger partial charge in [-0.3, -0.25) is 10.3 Å². The molecule has 0 saturated carbocycles. The molecule has 0 radical (unpaired) electrons. The van der Waals surface area contributed by atoms with Gasteiger partial charge in [0.05, 0.1) is 5.69 Å². The fourth-order valence-corrected chi connectivity index (χ4v) is 2.39. The van der Waals surface area contributed by atoms with Gasteiger partial charge in [-0.2, -0.15) is 15.6 Å². The van der Waals surface area contributed by atoms with Gasteiger partial charge in [-0.25, -0.2) is 0 Å². The summed E-state index contributed by atoms with van der Waals surface area (Å²) in [6, 6.07) is 10.7. The van der Waals surface area contributed by atoms with Crippen molar-refractivity contribution >= 4 is 11.4 Å². The number of likely N-dealkylation sites (N-methyl/N-ethyl adjacent to an activating group) is 1. The third-order valence-electron chi connectivity index (χ3n) is 3.58. The lowest BCUT2D eigenvalue weighted by Crippen LogP contribution is -2.40. The molecule has 1 aliphatic rings. The van der Waals surface area contributed by atoms with Crippen molar-refractivity contribution < 1.29 is 4.74 Å². The van der Waals surface area contributed by atoms with Crippen LogP contribution in [-0.2, 0) is 0 Å². The quantitative estimate of drug-likeness (QED) is 0.666. The van der Waals surface area contributed by atoms with E-state index < -0.39 is 0 Å². The van der Waals surface area contributed by atoms with E-state index >= 15 is 0 Å². The number of piperidine rings is 1. The molecule has 0 amide bonds. The van der Waals surface area contributed by atoms with Crippen LogP contribution in [0.4, 0.5) is 5.69 Å². The third kappa shape index (κ3) is 4.47. The monoisotopic (exact) mass is 297 g/mol. The van der Waals surface area contributed by atoms with Crippen LogP contribution in [0, 0.1) is 22.7 Å². The van der Waals surface area contributed by atoms with E-state index in [1.54, 1.807) is 12.1 Å². The number of nitrogens with zero attached hydrogens (tertiary/aromatic N) is 4. The van der Waals surface area contributed by atoms with Crippen molar-refractivity contribution in [2.75, 3.05) is 25.1 Å². The van der Waals surface area contributed by atoms with E-state index in [9.17, 15) is 0 Å². The summed E-state index contributed by atoms with van der Waals surface area (Å²) < 4.78 is 6.00. The molecule has 0 aliphatic carbocycles. The highest BCUT2D eigenvalue weighted by atomic mass is 16.5. The predicted molar refractivity (Wildman–Crippen MR) is 84.5 cm³/mol. The van der Waals surface area contributed by atoms with E-state index in [1.165, 1.54) is 0 Å². The molecule has 1 aliphatic heterocycles. The molecule has 6 heteroatoms. The van der Waals surface area contributed by atoms with Gasteiger partial charge >= 0.3 is 0 Å². The summed E-state index contributed by atoms with van der Waals surface area (Å²) in [5.41, 5.74) is 3.17. The Balaban J connectivity index is 1.91. The van der Waals surface area contributed by atoms with E-state index in [0.29, 0.717) is 5.69 Å². The topological polar surface area (TPSA) is 84.4 Å². The zero-order chi connectivity index (χ0) is 15.8. The van der Waals surface area contributed by atoms with Crippen LogP contribution in [0.15, 0.2) is 29.4 Å². The molecule has 2 rings (SSSR count). The van der Waals surface area contributed by atoms with Gasteiger partial charge in [-0.1, -0.05) is 6.92 Å². The lowest BCUT2D eigenvalue weighted by Gasteiger charge is -2.32. The van der Waals surface area contributed by atoms with Gasteiger partial charge in [0.2, 0.25) is 5.71 Å². The summed E-state index contributed by atoms with van der Waals surface area (Å²) >= 11 is 0. The Morgan fingerprint density at radius 3 is 2.73 bits per heavy atom. The van der Waals surface area contributed by atoms with Crippen LogP contribution in [0.2, 0.25) is 0 Å². The number of nitrogens with one attached hydrogen (secondary N) is 1. The minimum absolute atomic E-state index is 0.206. The maximum absolute atomic E-state index is 8.60. The number of anilines is 1. The first kappa shape index (κ1) is 15.8. The minimum atomic E-state index is -0.206. The number of hydrogen-bond donors (Lipinski definition) is 1. The van der Waals surface area contributed by atoms with Crippen LogP contribution in [0.5, 0.6) is 5.75 Å². The second kappa shape index (κ2) is 8.02. The molecule has 6 nitrogen and oxygen atoms in total. The zero-order valence-electron chi connectivity index (χ0n) is 12.6. The molecule has 1 aromatic carbocycles. The highest BCUT2D eigenvalue weighted by Gasteiger charge is 2.19.